The van der Waals surface area contributed by atoms with E-state index in [0.717, 1.165) is 31.2 Å². The number of aliphatic hydroxyl groups excluding tert-OH is 1. The molecular formula is C15H23ClN2O2. The summed E-state index contributed by atoms with van der Waals surface area (Å²) >= 11 is 0. The Morgan fingerprint density at radius 1 is 1.30 bits per heavy atom. The maximum absolute atomic E-state index is 12.0. The zero-order valence-corrected chi connectivity index (χ0v) is 12.3. The number of halogens is 1. The van der Waals surface area contributed by atoms with Crippen molar-refractivity contribution < 1.29 is 9.90 Å². The number of hydrogen-bond acceptors (Lipinski definition) is 3. The van der Waals surface area contributed by atoms with Gasteiger partial charge in [-0.1, -0.05) is 43.2 Å². The third kappa shape index (κ3) is 4.78. The van der Waals surface area contributed by atoms with E-state index < -0.39 is 12.1 Å². The zero-order chi connectivity index (χ0) is 13.7. The second kappa shape index (κ2) is 8.25. The summed E-state index contributed by atoms with van der Waals surface area (Å²) < 4.78 is 0. The van der Waals surface area contributed by atoms with Crippen molar-refractivity contribution in [3.63, 3.8) is 0 Å². The van der Waals surface area contributed by atoms with Gasteiger partial charge in [0.2, 0.25) is 5.91 Å². The van der Waals surface area contributed by atoms with Crippen molar-refractivity contribution in [1.29, 1.82) is 0 Å². The maximum Gasteiger partial charge on any atom is 0.237 e. The minimum absolute atomic E-state index is 0. The van der Waals surface area contributed by atoms with E-state index in [0.29, 0.717) is 6.42 Å². The summed E-state index contributed by atoms with van der Waals surface area (Å²) in [6.07, 6.45) is 3.78. The lowest BCUT2D eigenvalue weighted by atomic mass is 9.92. The van der Waals surface area contributed by atoms with Crippen LogP contribution in [0.2, 0.25) is 0 Å². The number of aliphatic hydroxyl groups is 1. The Hall–Kier alpha value is -1.10. The number of nitrogens with two attached hydrogens (primary N) is 1. The minimum Gasteiger partial charge on any atom is -0.391 e. The first-order chi connectivity index (χ1) is 9.16. The highest BCUT2D eigenvalue weighted by Gasteiger charge is 2.26. The largest absolute Gasteiger partial charge is 0.391 e. The lowest BCUT2D eigenvalue weighted by Gasteiger charge is -2.29. The summed E-state index contributed by atoms with van der Waals surface area (Å²) in [5, 5.41) is 12.7. The molecule has 0 saturated heterocycles. The molecule has 1 aliphatic rings. The summed E-state index contributed by atoms with van der Waals surface area (Å²) in [4.78, 5) is 12.0. The molecular weight excluding hydrogens is 276 g/mol. The Bertz CT molecular complexity index is 414. The van der Waals surface area contributed by atoms with Gasteiger partial charge in [0.05, 0.1) is 18.2 Å². The lowest BCUT2D eigenvalue weighted by molar-refractivity contribution is -0.124. The first kappa shape index (κ1) is 17.0. The first-order valence-corrected chi connectivity index (χ1v) is 6.95. The third-order valence-corrected chi connectivity index (χ3v) is 3.69. The quantitative estimate of drug-likeness (QED) is 0.786. The van der Waals surface area contributed by atoms with Crippen LogP contribution in [0.25, 0.3) is 0 Å². The van der Waals surface area contributed by atoms with E-state index in [9.17, 15) is 9.90 Å². The Morgan fingerprint density at radius 3 is 2.60 bits per heavy atom. The van der Waals surface area contributed by atoms with Crippen molar-refractivity contribution in [2.24, 2.45) is 5.73 Å². The molecule has 0 unspecified atom stereocenters. The lowest BCUT2D eigenvalue weighted by Crippen LogP contribution is -2.51. The smallest absolute Gasteiger partial charge is 0.237 e. The average Bonchev–Trinajstić information content (AvgIpc) is 2.42. The van der Waals surface area contributed by atoms with Gasteiger partial charge in [-0.25, -0.2) is 0 Å². The molecule has 0 radical (unpaired) electrons. The number of rotatable bonds is 4. The number of benzene rings is 1. The highest BCUT2D eigenvalue weighted by atomic mass is 35.5. The number of carbonyl (C=O) groups is 1. The number of amides is 1. The summed E-state index contributed by atoms with van der Waals surface area (Å²) in [6.45, 7) is 0. The molecule has 1 aromatic carbocycles. The predicted octanol–water partition coefficient (Wildman–Crippen LogP) is 1.40. The molecule has 0 aliphatic heterocycles. The first-order valence-electron chi connectivity index (χ1n) is 6.95. The predicted molar refractivity (Wildman–Crippen MR) is 81.8 cm³/mol. The van der Waals surface area contributed by atoms with Gasteiger partial charge in [-0.2, -0.15) is 0 Å². The second-order valence-corrected chi connectivity index (χ2v) is 5.26. The number of nitrogens with one attached hydrogen (secondary N) is 1. The van der Waals surface area contributed by atoms with E-state index in [2.05, 4.69) is 5.32 Å². The van der Waals surface area contributed by atoms with Crippen LogP contribution in [0.5, 0.6) is 0 Å². The average molecular weight is 299 g/mol. The molecule has 0 spiro atoms. The van der Waals surface area contributed by atoms with Crippen molar-refractivity contribution in [2.75, 3.05) is 0 Å². The maximum atomic E-state index is 12.0. The number of hydrogen-bond donors (Lipinski definition) is 3. The van der Waals surface area contributed by atoms with E-state index in [1.807, 2.05) is 30.3 Å². The van der Waals surface area contributed by atoms with Crippen molar-refractivity contribution >= 4 is 18.3 Å². The molecule has 5 heteroatoms. The van der Waals surface area contributed by atoms with Crippen LogP contribution >= 0.6 is 12.4 Å². The minimum atomic E-state index is -0.559. The van der Waals surface area contributed by atoms with Crippen LogP contribution in [0.4, 0.5) is 0 Å². The van der Waals surface area contributed by atoms with Gasteiger partial charge >= 0.3 is 0 Å². The topological polar surface area (TPSA) is 75.4 Å². The van der Waals surface area contributed by atoms with Gasteiger partial charge in [-0.3, -0.25) is 4.79 Å². The number of carbonyl (C=O) groups excluding carboxylic acids is 1. The fourth-order valence-electron chi connectivity index (χ4n) is 2.53. The molecule has 1 saturated carbocycles. The van der Waals surface area contributed by atoms with Crippen LogP contribution in [0.3, 0.4) is 0 Å². The normalized spacial score (nSPS) is 23.5. The SMILES string of the molecule is Cl.N[C@@H](Cc1ccccc1)C(=O)N[C@@H]1CCCC[C@H]1O. The van der Waals surface area contributed by atoms with Gasteiger partial charge in [-0.15, -0.1) is 12.4 Å². The van der Waals surface area contributed by atoms with Crippen molar-refractivity contribution in [3.8, 4) is 0 Å². The zero-order valence-electron chi connectivity index (χ0n) is 11.5. The molecule has 4 nitrogen and oxygen atoms in total. The molecule has 0 bridgehead atoms. The Labute approximate surface area is 126 Å². The summed E-state index contributed by atoms with van der Waals surface area (Å²) in [5.41, 5.74) is 6.97. The molecule has 0 aromatic heterocycles. The standard InChI is InChI=1S/C15H22N2O2.ClH/c16-12(10-11-6-2-1-3-7-11)15(19)17-13-8-4-5-9-14(13)18;/h1-3,6-7,12-14,18H,4-5,8-10,16H2,(H,17,19);1H/t12-,13+,14+;/m0./s1. The second-order valence-electron chi connectivity index (χ2n) is 5.26. The van der Waals surface area contributed by atoms with Gasteiger partial charge < -0.3 is 16.2 Å². The molecule has 1 fully saturated rings. The third-order valence-electron chi connectivity index (χ3n) is 3.69. The van der Waals surface area contributed by atoms with E-state index in [1.165, 1.54) is 0 Å². The summed E-state index contributed by atoms with van der Waals surface area (Å²) in [7, 11) is 0. The Balaban J connectivity index is 0.00000200. The fourth-order valence-corrected chi connectivity index (χ4v) is 2.53. The molecule has 3 atom stereocenters. The van der Waals surface area contributed by atoms with Gasteiger partial charge in [0, 0.05) is 0 Å². The van der Waals surface area contributed by atoms with Gasteiger partial charge in [0.15, 0.2) is 0 Å². The summed E-state index contributed by atoms with van der Waals surface area (Å²) in [6, 6.07) is 9.04. The van der Waals surface area contributed by atoms with Crippen LogP contribution in [-0.4, -0.2) is 29.2 Å². The van der Waals surface area contributed by atoms with Crippen molar-refractivity contribution in [1.82, 2.24) is 5.32 Å². The van der Waals surface area contributed by atoms with E-state index in [1.54, 1.807) is 0 Å². The van der Waals surface area contributed by atoms with Crippen molar-refractivity contribution in [2.45, 2.75) is 50.3 Å². The van der Waals surface area contributed by atoms with Gasteiger partial charge in [0.1, 0.15) is 0 Å². The van der Waals surface area contributed by atoms with E-state index >= 15 is 0 Å². The van der Waals surface area contributed by atoms with Crippen molar-refractivity contribution in [3.05, 3.63) is 35.9 Å². The van der Waals surface area contributed by atoms with Crippen LogP contribution < -0.4 is 11.1 Å². The molecule has 0 heterocycles. The molecule has 1 amide bonds. The van der Waals surface area contributed by atoms with Gasteiger partial charge in [-0.05, 0) is 24.8 Å². The molecule has 4 N–H and O–H groups in total. The fraction of sp³-hybridized carbons (Fsp3) is 0.533. The van der Waals surface area contributed by atoms with Crippen LogP contribution in [-0.2, 0) is 11.2 Å². The monoisotopic (exact) mass is 298 g/mol. The van der Waals surface area contributed by atoms with Crippen LogP contribution in [0.1, 0.15) is 31.2 Å². The Morgan fingerprint density at radius 2 is 1.95 bits per heavy atom. The molecule has 112 valence electrons. The molecule has 2 rings (SSSR count). The van der Waals surface area contributed by atoms with E-state index in [-0.39, 0.29) is 24.4 Å². The van der Waals surface area contributed by atoms with Gasteiger partial charge in [0.25, 0.3) is 0 Å². The molecule has 1 aliphatic carbocycles. The van der Waals surface area contributed by atoms with Crippen LogP contribution in [0.15, 0.2) is 30.3 Å². The van der Waals surface area contributed by atoms with E-state index in [4.69, 9.17) is 5.73 Å². The highest BCUT2D eigenvalue weighted by Crippen LogP contribution is 2.18. The Kier molecular flexibility index (Phi) is 6.99. The summed E-state index contributed by atoms with van der Waals surface area (Å²) in [5.74, 6) is -0.171. The van der Waals surface area contributed by atoms with Crippen LogP contribution in [0, 0.1) is 0 Å². The molecule has 1 aromatic rings. The highest BCUT2D eigenvalue weighted by molar-refractivity contribution is 5.85. The molecule has 20 heavy (non-hydrogen) atoms.